The van der Waals surface area contributed by atoms with Crippen LogP contribution in [0.3, 0.4) is 0 Å². The van der Waals surface area contributed by atoms with E-state index in [0.29, 0.717) is 22.1 Å². The van der Waals surface area contributed by atoms with Gasteiger partial charge in [-0.05, 0) is 50.1 Å². The van der Waals surface area contributed by atoms with Crippen LogP contribution in [-0.2, 0) is 17.6 Å². The molecule has 3 aromatic heterocycles. The van der Waals surface area contributed by atoms with E-state index >= 15 is 0 Å². The van der Waals surface area contributed by atoms with E-state index in [1.54, 1.807) is 26.3 Å². The fourth-order valence-electron chi connectivity index (χ4n) is 4.23. The van der Waals surface area contributed by atoms with Crippen molar-refractivity contribution in [2.75, 3.05) is 19.5 Å². The number of ether oxygens (including phenoxy) is 1. The van der Waals surface area contributed by atoms with E-state index in [1.165, 1.54) is 18.3 Å². The first kappa shape index (κ1) is 33.2. The van der Waals surface area contributed by atoms with Crippen LogP contribution in [0.5, 0.6) is 5.75 Å². The number of carbonyl (C=O) groups excluding carboxylic acids is 2. The number of benzene rings is 1. The van der Waals surface area contributed by atoms with Gasteiger partial charge in [0.15, 0.2) is 5.13 Å². The summed E-state index contributed by atoms with van der Waals surface area (Å²) in [4.78, 5) is 33.9. The molecule has 0 saturated carbocycles. The van der Waals surface area contributed by atoms with Crippen molar-refractivity contribution >= 4 is 28.3 Å². The monoisotopic (exact) mass is 578 g/mol. The van der Waals surface area contributed by atoms with Crippen LogP contribution in [0.15, 0.2) is 36.5 Å². The van der Waals surface area contributed by atoms with Gasteiger partial charge in [-0.1, -0.05) is 52.9 Å². The van der Waals surface area contributed by atoms with Gasteiger partial charge in [-0.15, -0.1) is 0 Å². The number of hydrogen-bond acceptors (Lipinski definition) is 7. The number of amides is 2. The zero-order valence-corrected chi connectivity index (χ0v) is 26.6. The molecule has 0 unspecified atom stereocenters. The van der Waals surface area contributed by atoms with Crippen molar-refractivity contribution in [1.82, 2.24) is 25.1 Å². The molecule has 0 saturated heterocycles. The number of rotatable bonds is 5. The number of aromatic nitrogens is 4. The topological polar surface area (TPSA) is 111 Å². The van der Waals surface area contributed by atoms with Gasteiger partial charge in [0.05, 0.1) is 29.1 Å². The van der Waals surface area contributed by atoms with Gasteiger partial charge >= 0.3 is 0 Å². The normalized spacial score (nSPS) is 10.7. The Morgan fingerprint density at radius 2 is 1.73 bits per heavy atom. The number of carbonyl (C=O) groups is 2. The molecular formula is C31H42N6O3S. The van der Waals surface area contributed by atoms with Gasteiger partial charge in [-0.3, -0.25) is 14.6 Å². The smallest absolute Gasteiger partial charge is 0.251 e. The van der Waals surface area contributed by atoms with Gasteiger partial charge in [0, 0.05) is 42.6 Å². The molecule has 1 aromatic carbocycles. The van der Waals surface area contributed by atoms with Crippen molar-refractivity contribution in [3.63, 3.8) is 0 Å². The predicted molar refractivity (Wildman–Crippen MR) is 168 cm³/mol. The van der Waals surface area contributed by atoms with Crippen LogP contribution in [-0.4, -0.2) is 45.7 Å². The molecule has 0 atom stereocenters. The maximum absolute atomic E-state index is 12.2. The fourth-order valence-corrected chi connectivity index (χ4v) is 5.34. The number of hydrogen-bond donors (Lipinski definition) is 2. The molecule has 9 nitrogen and oxygen atoms in total. The zero-order chi connectivity index (χ0) is 30.7. The molecule has 10 heteroatoms. The highest BCUT2D eigenvalue weighted by molar-refractivity contribution is 7.19. The maximum atomic E-state index is 12.2. The molecule has 220 valence electrons. The van der Waals surface area contributed by atoms with E-state index in [2.05, 4.69) is 20.6 Å². The highest BCUT2D eigenvalue weighted by atomic mass is 32.1. The lowest BCUT2D eigenvalue weighted by molar-refractivity contribution is -0.114. The lowest BCUT2D eigenvalue weighted by Crippen LogP contribution is -2.18. The van der Waals surface area contributed by atoms with Gasteiger partial charge in [0.2, 0.25) is 5.91 Å². The van der Waals surface area contributed by atoms with Crippen molar-refractivity contribution < 1.29 is 14.3 Å². The summed E-state index contributed by atoms with van der Waals surface area (Å²) in [7, 11) is 3.16. The lowest BCUT2D eigenvalue weighted by atomic mass is 9.95. The Morgan fingerprint density at radius 1 is 1.02 bits per heavy atom. The Balaban J connectivity index is 0.000000921. The van der Waals surface area contributed by atoms with Crippen molar-refractivity contribution in [2.24, 2.45) is 0 Å². The Hall–Kier alpha value is -4.05. The zero-order valence-electron chi connectivity index (χ0n) is 25.8. The molecular weight excluding hydrogens is 536 g/mol. The molecule has 0 aliphatic heterocycles. The summed E-state index contributed by atoms with van der Waals surface area (Å²) in [6.07, 6.45) is 3.32. The molecule has 5 rings (SSSR count). The van der Waals surface area contributed by atoms with Crippen molar-refractivity contribution in [1.29, 1.82) is 0 Å². The SMILES string of the molecule is CC.CC.CC.CNC(=O)c1ccc(-n2nc(-c3ccc(C)nc3)c3c2-c2sc(NC(C)=O)nc2CC3)c(OC)c1. The highest BCUT2D eigenvalue weighted by Gasteiger charge is 2.31. The number of methoxy groups -OCH3 is 1. The van der Waals surface area contributed by atoms with Crippen LogP contribution in [0, 0.1) is 6.92 Å². The largest absolute Gasteiger partial charge is 0.494 e. The molecule has 41 heavy (non-hydrogen) atoms. The van der Waals surface area contributed by atoms with Crippen LogP contribution in [0.4, 0.5) is 5.13 Å². The van der Waals surface area contributed by atoms with E-state index < -0.39 is 0 Å². The molecule has 0 bridgehead atoms. The summed E-state index contributed by atoms with van der Waals surface area (Å²) in [5, 5.41) is 11.0. The minimum Gasteiger partial charge on any atom is -0.494 e. The predicted octanol–water partition coefficient (Wildman–Crippen LogP) is 6.87. The summed E-state index contributed by atoms with van der Waals surface area (Å²) in [6.45, 7) is 15.4. The Labute approximate surface area is 247 Å². The number of fused-ring (bicyclic) bond motifs is 3. The Morgan fingerprint density at radius 3 is 2.32 bits per heavy atom. The number of pyridine rings is 1. The number of nitrogens with one attached hydrogen (secondary N) is 2. The first-order valence-corrected chi connectivity index (χ1v) is 14.9. The van der Waals surface area contributed by atoms with Gasteiger partial charge in [-0.2, -0.15) is 5.10 Å². The first-order valence-electron chi connectivity index (χ1n) is 14.1. The third-order valence-electron chi connectivity index (χ3n) is 5.87. The second kappa shape index (κ2) is 15.7. The third-order valence-corrected chi connectivity index (χ3v) is 6.89. The standard InChI is InChI=1S/C25H24N6O3S.3C2H6/c1-13-5-6-16(12-27-13)21-17-8-9-18-23(35-25(29-18)28-14(2)32)22(17)31(30-21)19-10-7-15(24(33)26-3)11-20(19)34-4;3*1-2/h5-7,10-12H,8-9H2,1-4H3,(H,26,33)(H,28,29,32);3*1-2H3. The average molecular weight is 579 g/mol. The van der Waals surface area contributed by atoms with Gasteiger partial charge < -0.3 is 15.4 Å². The Bertz CT molecular complexity index is 1460. The number of aryl methyl sites for hydroxylation is 2. The molecule has 3 heterocycles. The first-order chi connectivity index (χ1) is 19.9. The van der Waals surface area contributed by atoms with Crippen LogP contribution >= 0.6 is 11.3 Å². The molecule has 1 aliphatic carbocycles. The quantitative estimate of drug-likeness (QED) is 0.267. The number of nitrogens with zero attached hydrogens (tertiary/aromatic N) is 4. The molecule has 1 aliphatic rings. The molecule has 0 radical (unpaired) electrons. The van der Waals surface area contributed by atoms with Crippen molar-refractivity contribution in [3.8, 4) is 33.3 Å². The fraction of sp³-hybridized carbons (Fsp3) is 0.387. The van der Waals surface area contributed by atoms with Crippen LogP contribution in [0.25, 0.3) is 27.5 Å². The Kier molecular flexibility index (Phi) is 12.7. The van der Waals surface area contributed by atoms with E-state index in [0.717, 1.165) is 51.6 Å². The maximum Gasteiger partial charge on any atom is 0.251 e. The number of thiazole rings is 1. The summed E-state index contributed by atoms with van der Waals surface area (Å²) >= 11 is 1.43. The van der Waals surface area contributed by atoms with Crippen LogP contribution in [0.2, 0.25) is 0 Å². The summed E-state index contributed by atoms with van der Waals surface area (Å²) in [5.74, 6) is 0.153. The summed E-state index contributed by atoms with van der Waals surface area (Å²) in [6, 6.07) is 9.27. The van der Waals surface area contributed by atoms with Gasteiger partial charge in [0.25, 0.3) is 5.91 Å². The summed E-state index contributed by atoms with van der Waals surface area (Å²) in [5.41, 5.74) is 6.78. The van der Waals surface area contributed by atoms with Crippen LogP contribution in [0.1, 0.15) is 75.8 Å². The van der Waals surface area contributed by atoms with E-state index in [9.17, 15) is 9.59 Å². The average Bonchev–Trinajstić information content (AvgIpc) is 3.60. The second-order valence-corrected chi connectivity index (χ2v) is 9.22. The molecule has 2 N–H and O–H groups in total. The van der Waals surface area contributed by atoms with Crippen LogP contribution < -0.4 is 15.4 Å². The molecule has 4 aromatic rings. The molecule has 2 amide bonds. The van der Waals surface area contributed by atoms with Crippen molar-refractivity contribution in [3.05, 3.63) is 59.0 Å². The van der Waals surface area contributed by atoms with Gasteiger partial charge in [-0.25, -0.2) is 9.67 Å². The van der Waals surface area contributed by atoms with E-state index in [4.69, 9.17) is 9.84 Å². The molecule has 0 fully saturated rings. The van der Waals surface area contributed by atoms with Crippen molar-refractivity contribution in [2.45, 2.75) is 68.2 Å². The minimum absolute atomic E-state index is 0.164. The lowest BCUT2D eigenvalue weighted by Gasteiger charge is -2.16. The number of anilines is 1. The summed E-state index contributed by atoms with van der Waals surface area (Å²) < 4.78 is 7.53. The highest BCUT2D eigenvalue weighted by Crippen LogP contribution is 2.45. The van der Waals surface area contributed by atoms with E-state index in [1.807, 2.05) is 77.5 Å². The second-order valence-electron chi connectivity index (χ2n) is 8.22. The molecule has 0 spiro atoms. The minimum atomic E-state index is -0.201. The van der Waals surface area contributed by atoms with E-state index in [-0.39, 0.29) is 11.8 Å². The van der Waals surface area contributed by atoms with Gasteiger partial charge in [0.1, 0.15) is 11.4 Å². The third kappa shape index (κ3) is 7.18.